The Kier molecular flexibility index (Phi) is 4.51. The summed E-state index contributed by atoms with van der Waals surface area (Å²) < 4.78 is 1.82. The molecule has 0 saturated heterocycles. The Morgan fingerprint density at radius 3 is 2.91 bits per heavy atom. The van der Waals surface area contributed by atoms with Crippen LogP contribution < -0.4 is 16.6 Å². The molecule has 0 fully saturated rings. The lowest BCUT2D eigenvalue weighted by atomic mass is 10.2. The fraction of sp³-hybridized carbons (Fsp3) is 0.400. The van der Waals surface area contributed by atoms with Crippen molar-refractivity contribution in [2.24, 2.45) is 5.92 Å². The molecule has 0 spiro atoms. The van der Waals surface area contributed by atoms with Crippen molar-refractivity contribution in [2.75, 3.05) is 12.3 Å². The van der Waals surface area contributed by atoms with E-state index in [0.717, 1.165) is 0 Å². The molecular weight excluding hydrogens is 282 g/mol. The second-order valence-corrected chi connectivity index (χ2v) is 5.15. The van der Waals surface area contributed by atoms with E-state index in [1.165, 1.54) is 0 Å². The minimum absolute atomic E-state index is 0.0578. The van der Waals surface area contributed by atoms with Crippen molar-refractivity contribution >= 4 is 22.9 Å². The monoisotopic (exact) mass is 301 g/mol. The molecule has 0 radical (unpaired) electrons. The van der Waals surface area contributed by atoms with Crippen molar-refractivity contribution < 1.29 is 4.79 Å². The summed E-state index contributed by atoms with van der Waals surface area (Å²) in [6, 6.07) is 0. The number of anilines is 1. The minimum atomic E-state index is -0.315. The molecule has 0 unspecified atom stereocenters. The maximum atomic E-state index is 12.1. The molecule has 0 aliphatic heterocycles. The van der Waals surface area contributed by atoms with E-state index in [2.05, 4.69) is 27.1 Å². The predicted molar refractivity (Wildman–Crippen MR) is 85.2 cm³/mol. The normalized spacial score (nSPS) is 10.5. The zero-order valence-electron chi connectivity index (χ0n) is 12.9. The van der Waals surface area contributed by atoms with Crippen LogP contribution in [0.4, 0.5) is 5.95 Å². The largest absolute Gasteiger partial charge is 0.369 e. The molecule has 7 heteroatoms. The van der Waals surface area contributed by atoms with Crippen molar-refractivity contribution in [1.29, 1.82) is 0 Å². The first-order valence-electron chi connectivity index (χ1n) is 7.09. The molecule has 22 heavy (non-hydrogen) atoms. The van der Waals surface area contributed by atoms with Gasteiger partial charge in [-0.3, -0.25) is 14.6 Å². The Balaban J connectivity index is 2.33. The number of H-pyrrole nitrogens is 1. The van der Waals surface area contributed by atoms with Crippen LogP contribution in [0, 0.1) is 17.8 Å². The average molecular weight is 301 g/mol. The van der Waals surface area contributed by atoms with E-state index in [-0.39, 0.29) is 29.9 Å². The standard InChI is InChI=1S/C15H19N5O2/c1-4-20-8-10(6-5-7-17-13(21)9(2)3)11-12(20)18-15(16)19-14(11)22/h8-9H,4,7H2,1-3H3,(H,17,21)(H3,16,18,19,22). The third-order valence-electron chi connectivity index (χ3n) is 3.18. The van der Waals surface area contributed by atoms with Crippen LogP contribution in [0.1, 0.15) is 26.3 Å². The number of fused-ring (bicyclic) bond motifs is 1. The van der Waals surface area contributed by atoms with Gasteiger partial charge in [0.05, 0.1) is 17.5 Å². The van der Waals surface area contributed by atoms with Gasteiger partial charge in [-0.2, -0.15) is 4.98 Å². The van der Waals surface area contributed by atoms with Gasteiger partial charge in [0.15, 0.2) is 5.65 Å². The van der Waals surface area contributed by atoms with Crippen LogP contribution in [0.5, 0.6) is 0 Å². The van der Waals surface area contributed by atoms with Gasteiger partial charge in [0.25, 0.3) is 5.56 Å². The number of aromatic nitrogens is 3. The number of carbonyl (C=O) groups excluding carboxylic acids is 1. The zero-order valence-corrected chi connectivity index (χ0v) is 12.9. The van der Waals surface area contributed by atoms with Crippen LogP contribution in [-0.4, -0.2) is 27.0 Å². The molecule has 0 saturated carbocycles. The zero-order chi connectivity index (χ0) is 16.3. The van der Waals surface area contributed by atoms with Gasteiger partial charge in [0.1, 0.15) is 0 Å². The first kappa shape index (κ1) is 15.6. The van der Waals surface area contributed by atoms with Gasteiger partial charge in [-0.1, -0.05) is 25.7 Å². The molecule has 2 rings (SSSR count). The summed E-state index contributed by atoms with van der Waals surface area (Å²) >= 11 is 0. The van der Waals surface area contributed by atoms with Gasteiger partial charge in [0.2, 0.25) is 11.9 Å². The summed E-state index contributed by atoms with van der Waals surface area (Å²) in [6.07, 6.45) is 1.77. The number of aryl methyl sites for hydroxylation is 1. The van der Waals surface area contributed by atoms with Crippen molar-refractivity contribution in [3.63, 3.8) is 0 Å². The lowest BCUT2D eigenvalue weighted by Crippen LogP contribution is -2.27. The Labute approximate surface area is 127 Å². The third-order valence-corrected chi connectivity index (χ3v) is 3.18. The van der Waals surface area contributed by atoms with E-state index in [1.54, 1.807) is 6.20 Å². The van der Waals surface area contributed by atoms with E-state index < -0.39 is 0 Å². The number of nitrogens with zero attached hydrogens (tertiary/aromatic N) is 2. The first-order valence-corrected chi connectivity index (χ1v) is 7.09. The summed E-state index contributed by atoms with van der Waals surface area (Å²) in [5, 5.41) is 3.12. The van der Waals surface area contributed by atoms with Gasteiger partial charge in [-0.05, 0) is 6.92 Å². The summed E-state index contributed by atoms with van der Waals surface area (Å²) in [4.78, 5) is 30.1. The van der Waals surface area contributed by atoms with E-state index in [9.17, 15) is 9.59 Å². The molecule has 0 aliphatic carbocycles. The number of nitrogens with one attached hydrogen (secondary N) is 2. The maximum absolute atomic E-state index is 12.1. The van der Waals surface area contributed by atoms with Gasteiger partial charge in [-0.15, -0.1) is 0 Å². The second kappa shape index (κ2) is 6.35. The third kappa shape index (κ3) is 3.11. The number of rotatable bonds is 3. The SMILES string of the molecule is CCn1cc(C#CCNC(=O)C(C)C)c2c(=O)[nH]c(N)nc21. The van der Waals surface area contributed by atoms with Crippen molar-refractivity contribution in [2.45, 2.75) is 27.3 Å². The quantitative estimate of drug-likeness (QED) is 0.716. The molecule has 2 aromatic rings. The Bertz CT molecular complexity index is 820. The Hall–Kier alpha value is -2.75. The van der Waals surface area contributed by atoms with Crippen LogP contribution in [0.25, 0.3) is 11.0 Å². The Morgan fingerprint density at radius 2 is 2.27 bits per heavy atom. The van der Waals surface area contributed by atoms with E-state index in [0.29, 0.717) is 23.1 Å². The lowest BCUT2D eigenvalue weighted by molar-refractivity contribution is -0.123. The van der Waals surface area contributed by atoms with Crippen molar-refractivity contribution in [3.8, 4) is 11.8 Å². The molecule has 1 amide bonds. The number of carbonyl (C=O) groups is 1. The molecular formula is C15H19N5O2. The number of hydrogen-bond donors (Lipinski definition) is 3. The smallest absolute Gasteiger partial charge is 0.263 e. The van der Waals surface area contributed by atoms with Crippen LogP contribution in [0.2, 0.25) is 0 Å². The second-order valence-electron chi connectivity index (χ2n) is 5.15. The fourth-order valence-corrected chi connectivity index (χ4v) is 2.02. The van der Waals surface area contributed by atoms with Crippen LogP contribution in [0.15, 0.2) is 11.0 Å². The number of amides is 1. The summed E-state index contributed by atoms with van der Waals surface area (Å²) in [5.74, 6) is 5.70. The average Bonchev–Trinajstić information content (AvgIpc) is 2.81. The molecule has 0 aromatic carbocycles. The highest BCUT2D eigenvalue weighted by atomic mass is 16.1. The molecule has 4 N–H and O–H groups in total. The molecule has 0 aliphatic rings. The van der Waals surface area contributed by atoms with Gasteiger partial charge in [0, 0.05) is 18.7 Å². The van der Waals surface area contributed by atoms with Crippen LogP contribution >= 0.6 is 0 Å². The minimum Gasteiger partial charge on any atom is -0.369 e. The number of nitrogen functional groups attached to an aromatic ring is 1. The van der Waals surface area contributed by atoms with E-state index in [1.807, 2.05) is 25.3 Å². The number of hydrogen-bond acceptors (Lipinski definition) is 4. The topological polar surface area (TPSA) is 106 Å². The summed E-state index contributed by atoms with van der Waals surface area (Å²) in [7, 11) is 0. The van der Waals surface area contributed by atoms with Crippen LogP contribution in [0.3, 0.4) is 0 Å². The lowest BCUT2D eigenvalue weighted by Gasteiger charge is -2.02. The first-order chi connectivity index (χ1) is 10.4. The van der Waals surface area contributed by atoms with E-state index in [4.69, 9.17) is 5.73 Å². The van der Waals surface area contributed by atoms with Crippen molar-refractivity contribution in [3.05, 3.63) is 22.1 Å². The highest BCUT2D eigenvalue weighted by Gasteiger charge is 2.12. The molecule has 0 bridgehead atoms. The Morgan fingerprint density at radius 1 is 1.55 bits per heavy atom. The molecule has 7 nitrogen and oxygen atoms in total. The molecule has 2 heterocycles. The summed E-state index contributed by atoms with van der Waals surface area (Å²) in [6.45, 7) is 6.45. The fourth-order valence-electron chi connectivity index (χ4n) is 2.02. The van der Waals surface area contributed by atoms with Crippen LogP contribution in [-0.2, 0) is 11.3 Å². The van der Waals surface area contributed by atoms with E-state index >= 15 is 0 Å². The molecule has 0 atom stereocenters. The van der Waals surface area contributed by atoms with Gasteiger partial charge >= 0.3 is 0 Å². The highest BCUT2D eigenvalue weighted by molar-refractivity contribution is 5.83. The van der Waals surface area contributed by atoms with Gasteiger partial charge < -0.3 is 15.6 Å². The predicted octanol–water partition coefficient (Wildman–Crippen LogP) is 0.450. The molecule has 2 aromatic heterocycles. The number of nitrogens with two attached hydrogens (primary N) is 1. The highest BCUT2D eigenvalue weighted by Crippen LogP contribution is 2.15. The molecule has 116 valence electrons. The van der Waals surface area contributed by atoms with Crippen molar-refractivity contribution in [1.82, 2.24) is 19.9 Å². The van der Waals surface area contributed by atoms with Gasteiger partial charge in [-0.25, -0.2) is 0 Å². The number of aromatic amines is 1. The summed E-state index contributed by atoms with van der Waals surface area (Å²) in [5.41, 5.74) is 6.35. The maximum Gasteiger partial charge on any atom is 0.263 e.